The summed E-state index contributed by atoms with van der Waals surface area (Å²) >= 11 is 0. The third kappa shape index (κ3) is 5.69. The number of hydrogen-bond acceptors (Lipinski definition) is 3. The van der Waals surface area contributed by atoms with Crippen molar-refractivity contribution in [2.24, 2.45) is 0 Å². The van der Waals surface area contributed by atoms with Gasteiger partial charge in [-0.1, -0.05) is 42.5 Å². The predicted octanol–water partition coefficient (Wildman–Crippen LogP) is 2.13. The van der Waals surface area contributed by atoms with E-state index in [0.29, 0.717) is 12.1 Å². The van der Waals surface area contributed by atoms with Crippen molar-refractivity contribution >= 4 is 12.0 Å². The van der Waals surface area contributed by atoms with Gasteiger partial charge in [0.15, 0.2) is 0 Å². The fourth-order valence-corrected chi connectivity index (χ4v) is 2.00. The largest absolute Gasteiger partial charge is 0.480 e. The Balaban J connectivity index is 1.99. The molecule has 2 rings (SSSR count). The molecule has 0 aliphatic heterocycles. The monoisotopic (exact) mass is 331 g/mol. The Bertz CT molecular complexity index is 677. The summed E-state index contributed by atoms with van der Waals surface area (Å²) in [4.78, 5) is 23.0. The summed E-state index contributed by atoms with van der Waals surface area (Å²) < 4.78 is 13.0. The number of hydrogen-bond donors (Lipinski definition) is 3. The maximum atomic E-state index is 13.0. The van der Waals surface area contributed by atoms with Crippen molar-refractivity contribution in [2.75, 3.05) is 6.54 Å². The van der Waals surface area contributed by atoms with Crippen LogP contribution in [0.4, 0.5) is 9.18 Å². The molecule has 0 unspecified atom stereocenters. The first-order chi connectivity index (χ1) is 11.5. The van der Waals surface area contributed by atoms with Crippen molar-refractivity contribution in [3.05, 3.63) is 71.5 Å². The zero-order valence-corrected chi connectivity index (χ0v) is 12.9. The lowest BCUT2D eigenvalue weighted by atomic mass is 10.2. The van der Waals surface area contributed by atoms with Crippen molar-refractivity contribution in [1.82, 2.24) is 15.8 Å². The van der Waals surface area contributed by atoms with Gasteiger partial charge in [0.25, 0.3) is 0 Å². The van der Waals surface area contributed by atoms with E-state index in [2.05, 4.69) is 10.7 Å². The summed E-state index contributed by atoms with van der Waals surface area (Å²) in [6, 6.07) is 14.5. The molecule has 2 aromatic carbocycles. The van der Waals surface area contributed by atoms with Crippen LogP contribution in [0.5, 0.6) is 0 Å². The van der Waals surface area contributed by atoms with Crippen LogP contribution in [0.2, 0.25) is 0 Å². The highest BCUT2D eigenvalue weighted by Gasteiger charge is 2.15. The molecule has 126 valence electrons. The van der Waals surface area contributed by atoms with Crippen LogP contribution in [0.15, 0.2) is 54.6 Å². The molecule has 2 aromatic rings. The number of aliphatic carboxylic acids is 1. The molecule has 0 spiro atoms. The summed E-state index contributed by atoms with van der Waals surface area (Å²) in [5, 5.41) is 12.7. The Kier molecular flexibility index (Phi) is 6.27. The Morgan fingerprint density at radius 2 is 1.67 bits per heavy atom. The molecule has 0 atom stereocenters. The first kappa shape index (κ1) is 17.4. The number of benzene rings is 2. The van der Waals surface area contributed by atoms with Gasteiger partial charge in [0.2, 0.25) is 0 Å². The van der Waals surface area contributed by atoms with E-state index >= 15 is 0 Å². The fraction of sp³-hybridized carbons (Fsp3) is 0.176. The van der Waals surface area contributed by atoms with Gasteiger partial charge in [0.05, 0.1) is 6.54 Å². The number of hydrazine groups is 1. The lowest BCUT2D eigenvalue weighted by molar-refractivity contribution is -0.136. The second-order valence-corrected chi connectivity index (χ2v) is 5.09. The Labute approximate surface area is 138 Å². The zero-order chi connectivity index (χ0) is 17.4. The molecular weight excluding hydrogens is 313 g/mol. The number of halogens is 1. The van der Waals surface area contributed by atoms with E-state index < -0.39 is 18.5 Å². The zero-order valence-electron chi connectivity index (χ0n) is 12.9. The lowest BCUT2D eigenvalue weighted by Gasteiger charge is -2.23. The molecule has 0 aromatic heterocycles. The van der Waals surface area contributed by atoms with Crippen LogP contribution in [-0.2, 0) is 17.9 Å². The van der Waals surface area contributed by atoms with Crippen LogP contribution in [-0.4, -0.2) is 28.7 Å². The molecule has 24 heavy (non-hydrogen) atoms. The van der Waals surface area contributed by atoms with Gasteiger partial charge in [-0.25, -0.2) is 14.6 Å². The van der Waals surface area contributed by atoms with Crippen LogP contribution in [0.1, 0.15) is 11.1 Å². The summed E-state index contributed by atoms with van der Waals surface area (Å²) in [6.45, 7) is 0.0163. The molecule has 0 saturated carbocycles. The Hall–Kier alpha value is -2.93. The molecule has 6 nitrogen and oxygen atoms in total. The minimum absolute atomic E-state index is 0.105. The minimum Gasteiger partial charge on any atom is -0.480 e. The summed E-state index contributed by atoms with van der Waals surface area (Å²) in [5.74, 6) is -1.47. The van der Waals surface area contributed by atoms with Gasteiger partial charge in [0.1, 0.15) is 12.4 Å². The highest BCUT2D eigenvalue weighted by Crippen LogP contribution is 2.06. The molecule has 0 fully saturated rings. The number of rotatable bonds is 7. The summed E-state index contributed by atoms with van der Waals surface area (Å²) in [7, 11) is 0. The van der Waals surface area contributed by atoms with E-state index in [1.54, 1.807) is 0 Å². The van der Waals surface area contributed by atoms with Gasteiger partial charge in [-0.05, 0) is 23.3 Å². The second kappa shape index (κ2) is 8.64. The van der Waals surface area contributed by atoms with Crippen LogP contribution in [0, 0.1) is 5.82 Å². The van der Waals surface area contributed by atoms with Crippen LogP contribution in [0.25, 0.3) is 0 Å². The van der Waals surface area contributed by atoms with Gasteiger partial charge >= 0.3 is 12.0 Å². The molecule has 0 saturated heterocycles. The van der Waals surface area contributed by atoms with E-state index in [1.165, 1.54) is 24.3 Å². The molecular formula is C17H18FN3O3. The molecule has 2 amide bonds. The first-order valence-corrected chi connectivity index (χ1v) is 7.33. The lowest BCUT2D eigenvalue weighted by Crippen LogP contribution is -2.49. The van der Waals surface area contributed by atoms with E-state index in [-0.39, 0.29) is 12.4 Å². The van der Waals surface area contributed by atoms with Gasteiger partial charge in [-0.2, -0.15) is 0 Å². The van der Waals surface area contributed by atoms with Crippen molar-refractivity contribution in [1.29, 1.82) is 0 Å². The highest BCUT2D eigenvalue weighted by atomic mass is 19.1. The number of carbonyl (C=O) groups is 2. The van der Waals surface area contributed by atoms with E-state index in [4.69, 9.17) is 5.11 Å². The molecule has 3 N–H and O–H groups in total. The summed E-state index contributed by atoms with van der Waals surface area (Å²) in [6.07, 6.45) is 0. The number of carbonyl (C=O) groups excluding carboxylic acids is 1. The third-order valence-corrected chi connectivity index (χ3v) is 3.21. The topological polar surface area (TPSA) is 81.7 Å². The predicted molar refractivity (Wildman–Crippen MR) is 86.3 cm³/mol. The normalized spacial score (nSPS) is 10.2. The van der Waals surface area contributed by atoms with E-state index in [1.807, 2.05) is 30.3 Å². The number of nitrogens with zero attached hydrogens (tertiary/aromatic N) is 1. The Morgan fingerprint density at radius 3 is 2.29 bits per heavy atom. The number of nitrogens with one attached hydrogen (secondary N) is 2. The average Bonchev–Trinajstić information content (AvgIpc) is 2.59. The third-order valence-electron chi connectivity index (χ3n) is 3.21. The molecule has 0 aliphatic carbocycles. The van der Waals surface area contributed by atoms with Gasteiger partial charge in [-0.15, -0.1) is 0 Å². The van der Waals surface area contributed by atoms with Gasteiger partial charge in [0, 0.05) is 6.54 Å². The second-order valence-electron chi connectivity index (χ2n) is 5.09. The maximum Gasteiger partial charge on any atom is 0.332 e. The van der Waals surface area contributed by atoms with Crippen molar-refractivity contribution in [3.63, 3.8) is 0 Å². The Morgan fingerprint density at radius 1 is 1.00 bits per heavy atom. The number of carboxylic acids is 1. The average molecular weight is 331 g/mol. The van der Waals surface area contributed by atoms with Crippen LogP contribution in [0.3, 0.4) is 0 Å². The number of urea groups is 1. The van der Waals surface area contributed by atoms with Gasteiger partial charge in [-0.3, -0.25) is 9.80 Å². The molecule has 7 heteroatoms. The summed E-state index contributed by atoms with van der Waals surface area (Å²) in [5.41, 5.74) is 4.14. The van der Waals surface area contributed by atoms with E-state index in [9.17, 15) is 14.0 Å². The smallest absolute Gasteiger partial charge is 0.332 e. The molecule has 0 radical (unpaired) electrons. The van der Waals surface area contributed by atoms with E-state index in [0.717, 1.165) is 10.6 Å². The standard InChI is InChI=1S/C17H18FN3O3/c18-15-8-6-14(7-9-15)12-21(20-11-16(22)23)17(24)19-10-13-4-2-1-3-5-13/h1-9,20H,10-12H2,(H,19,24)(H,22,23). The van der Waals surface area contributed by atoms with Crippen LogP contribution < -0.4 is 10.7 Å². The van der Waals surface area contributed by atoms with Gasteiger partial charge < -0.3 is 10.4 Å². The maximum absolute atomic E-state index is 13.0. The molecule has 0 aliphatic rings. The fourth-order valence-electron chi connectivity index (χ4n) is 2.00. The van der Waals surface area contributed by atoms with Crippen molar-refractivity contribution in [2.45, 2.75) is 13.1 Å². The minimum atomic E-state index is -1.09. The number of amides is 2. The SMILES string of the molecule is O=C(O)CNN(Cc1ccc(F)cc1)C(=O)NCc1ccccc1. The van der Waals surface area contributed by atoms with Crippen LogP contribution >= 0.6 is 0 Å². The highest BCUT2D eigenvalue weighted by molar-refractivity contribution is 5.75. The quantitative estimate of drug-likeness (QED) is 0.679. The van der Waals surface area contributed by atoms with Crippen molar-refractivity contribution < 1.29 is 19.1 Å². The molecule has 0 bridgehead atoms. The van der Waals surface area contributed by atoms with Crippen molar-refractivity contribution in [3.8, 4) is 0 Å². The first-order valence-electron chi connectivity index (χ1n) is 7.33. The molecule has 0 heterocycles. The number of carboxylic acid groups (broad SMARTS) is 1.